The number of aromatic nitrogens is 1. The van der Waals surface area contributed by atoms with Crippen molar-refractivity contribution in [2.75, 3.05) is 5.32 Å². The summed E-state index contributed by atoms with van der Waals surface area (Å²) < 4.78 is 46.3. The molecule has 9 heteroatoms. The van der Waals surface area contributed by atoms with Crippen LogP contribution in [0.4, 0.5) is 18.9 Å². The number of nitrogens with one attached hydrogen (secondary N) is 2. The summed E-state index contributed by atoms with van der Waals surface area (Å²) in [5.41, 5.74) is 2.21. The van der Waals surface area contributed by atoms with E-state index in [1.165, 1.54) is 18.2 Å². The van der Waals surface area contributed by atoms with Crippen molar-refractivity contribution in [1.82, 2.24) is 10.3 Å². The second-order valence-electron chi connectivity index (χ2n) is 9.30. The highest BCUT2D eigenvalue weighted by atomic mass is 19.4. The van der Waals surface area contributed by atoms with Crippen LogP contribution in [0.15, 0.2) is 108 Å². The van der Waals surface area contributed by atoms with Crippen molar-refractivity contribution >= 4 is 17.5 Å². The van der Waals surface area contributed by atoms with Crippen molar-refractivity contribution in [1.29, 1.82) is 0 Å². The van der Waals surface area contributed by atoms with Gasteiger partial charge < -0.3 is 15.1 Å². The zero-order valence-electron chi connectivity index (χ0n) is 21.8. The van der Waals surface area contributed by atoms with Gasteiger partial charge in [-0.05, 0) is 67.1 Å². The topological polar surface area (TPSA) is 84.2 Å². The van der Waals surface area contributed by atoms with Gasteiger partial charge in [0.15, 0.2) is 11.5 Å². The van der Waals surface area contributed by atoms with Gasteiger partial charge in [-0.3, -0.25) is 9.59 Å². The molecule has 0 bridgehead atoms. The van der Waals surface area contributed by atoms with E-state index in [1.54, 1.807) is 60.7 Å². The molecular weight excluding hydrogens is 531 g/mol. The fraction of sp³-hybridized carbons (Fsp3) is 0.0938. The van der Waals surface area contributed by atoms with Gasteiger partial charge in [-0.1, -0.05) is 54.1 Å². The second kappa shape index (κ2) is 11.5. The van der Waals surface area contributed by atoms with E-state index in [-0.39, 0.29) is 35.4 Å². The van der Waals surface area contributed by atoms with E-state index >= 15 is 0 Å². The van der Waals surface area contributed by atoms with Gasteiger partial charge >= 0.3 is 6.18 Å². The summed E-state index contributed by atoms with van der Waals surface area (Å²) >= 11 is 0. The number of rotatable bonds is 7. The average Bonchev–Trinajstić information content (AvgIpc) is 3.42. The van der Waals surface area contributed by atoms with E-state index < -0.39 is 17.6 Å². The maximum Gasteiger partial charge on any atom is 0.416 e. The number of alkyl halides is 3. The maximum absolute atomic E-state index is 13.4. The van der Waals surface area contributed by atoms with E-state index in [0.717, 1.165) is 11.6 Å². The first-order chi connectivity index (χ1) is 19.7. The summed E-state index contributed by atoms with van der Waals surface area (Å²) in [6.07, 6.45) is -4.56. The van der Waals surface area contributed by atoms with Crippen LogP contribution >= 0.6 is 0 Å². The van der Waals surface area contributed by atoms with E-state index in [0.29, 0.717) is 22.4 Å². The highest BCUT2D eigenvalue weighted by Crippen LogP contribution is 2.33. The van der Waals surface area contributed by atoms with Crippen LogP contribution in [0.1, 0.15) is 37.5 Å². The third kappa shape index (κ3) is 6.36. The predicted molar refractivity (Wildman–Crippen MR) is 149 cm³/mol. The number of nitrogens with zero attached hydrogens (tertiary/aromatic N) is 1. The third-order valence-corrected chi connectivity index (χ3v) is 6.34. The molecule has 0 fully saturated rings. The number of halogens is 3. The molecule has 0 radical (unpaired) electrons. The van der Waals surface area contributed by atoms with Crippen LogP contribution in [0, 0.1) is 6.92 Å². The number of benzene rings is 4. The summed E-state index contributed by atoms with van der Waals surface area (Å²) in [6.45, 7) is 1.58. The lowest BCUT2D eigenvalue weighted by Gasteiger charge is -2.13. The molecule has 1 heterocycles. The Morgan fingerprint density at radius 1 is 0.780 bits per heavy atom. The zero-order valence-corrected chi connectivity index (χ0v) is 21.8. The number of carbonyl (C=O) groups is 2. The zero-order chi connectivity index (χ0) is 29.0. The van der Waals surface area contributed by atoms with Crippen LogP contribution in [0.2, 0.25) is 0 Å². The van der Waals surface area contributed by atoms with Crippen LogP contribution in [-0.4, -0.2) is 16.8 Å². The monoisotopic (exact) mass is 555 g/mol. The number of anilines is 1. The highest BCUT2D eigenvalue weighted by molar-refractivity contribution is 6.04. The summed E-state index contributed by atoms with van der Waals surface area (Å²) in [4.78, 5) is 30.2. The Morgan fingerprint density at radius 3 is 2.12 bits per heavy atom. The van der Waals surface area contributed by atoms with Crippen LogP contribution in [-0.2, 0) is 12.7 Å². The maximum atomic E-state index is 13.4. The first-order valence-electron chi connectivity index (χ1n) is 12.7. The van der Waals surface area contributed by atoms with Crippen molar-refractivity contribution in [2.24, 2.45) is 0 Å². The minimum atomic E-state index is -4.56. The predicted octanol–water partition coefficient (Wildman–Crippen LogP) is 7.52. The molecule has 0 spiro atoms. The smallest absolute Gasteiger partial charge is 0.416 e. The molecule has 0 unspecified atom stereocenters. The van der Waals surface area contributed by atoms with E-state index in [4.69, 9.17) is 4.42 Å². The lowest BCUT2D eigenvalue weighted by Crippen LogP contribution is -2.25. The fourth-order valence-corrected chi connectivity index (χ4v) is 4.20. The van der Waals surface area contributed by atoms with Crippen molar-refractivity contribution in [2.45, 2.75) is 19.6 Å². The van der Waals surface area contributed by atoms with Gasteiger partial charge in [-0.2, -0.15) is 13.2 Å². The molecule has 0 atom stereocenters. The Hall–Kier alpha value is -5.18. The van der Waals surface area contributed by atoms with Crippen LogP contribution < -0.4 is 10.6 Å². The van der Waals surface area contributed by atoms with Gasteiger partial charge in [0.2, 0.25) is 5.89 Å². The minimum Gasteiger partial charge on any atom is -0.435 e. The summed E-state index contributed by atoms with van der Waals surface area (Å²) in [7, 11) is 0. The van der Waals surface area contributed by atoms with Crippen molar-refractivity contribution in [3.8, 4) is 22.8 Å². The Balaban J connectivity index is 1.41. The molecule has 0 aliphatic heterocycles. The minimum absolute atomic E-state index is 0.0738. The quantitative estimate of drug-likeness (QED) is 0.218. The van der Waals surface area contributed by atoms with E-state index in [2.05, 4.69) is 15.6 Å². The highest BCUT2D eigenvalue weighted by Gasteiger charge is 2.33. The van der Waals surface area contributed by atoms with Gasteiger partial charge in [-0.15, -0.1) is 0 Å². The van der Waals surface area contributed by atoms with Gasteiger partial charge in [-0.25, -0.2) is 4.98 Å². The van der Waals surface area contributed by atoms with Crippen molar-refractivity contribution in [3.05, 3.63) is 131 Å². The Kier molecular flexibility index (Phi) is 7.69. The lowest BCUT2D eigenvalue weighted by atomic mass is 10.1. The van der Waals surface area contributed by atoms with Gasteiger partial charge in [0, 0.05) is 28.9 Å². The molecule has 0 aliphatic carbocycles. The number of aryl methyl sites for hydroxylation is 1. The number of amides is 2. The lowest BCUT2D eigenvalue weighted by molar-refractivity contribution is -0.138. The average molecular weight is 556 g/mol. The third-order valence-electron chi connectivity index (χ3n) is 6.34. The summed E-state index contributed by atoms with van der Waals surface area (Å²) in [5, 5.41) is 5.37. The Bertz CT molecular complexity index is 1680. The van der Waals surface area contributed by atoms with Crippen molar-refractivity contribution < 1.29 is 27.2 Å². The molecular formula is C32H24F3N3O3. The molecule has 0 aliphatic rings. The molecule has 4 aromatic carbocycles. The van der Waals surface area contributed by atoms with E-state index in [1.807, 2.05) is 25.1 Å². The fourth-order valence-electron chi connectivity index (χ4n) is 4.20. The molecule has 2 amide bonds. The first kappa shape index (κ1) is 27.4. The van der Waals surface area contributed by atoms with Crippen LogP contribution in [0.3, 0.4) is 0 Å². The van der Waals surface area contributed by atoms with Crippen LogP contribution in [0.25, 0.3) is 22.8 Å². The molecule has 1 aromatic heterocycles. The molecule has 206 valence electrons. The number of carbonyl (C=O) groups excluding carboxylic acids is 2. The number of hydrogen-bond acceptors (Lipinski definition) is 4. The van der Waals surface area contributed by atoms with E-state index in [9.17, 15) is 22.8 Å². The Labute approximate surface area is 233 Å². The molecule has 41 heavy (non-hydrogen) atoms. The molecule has 2 N–H and O–H groups in total. The number of oxazole rings is 1. The molecule has 0 saturated heterocycles. The number of hydrogen-bond donors (Lipinski definition) is 2. The van der Waals surface area contributed by atoms with Crippen molar-refractivity contribution in [3.63, 3.8) is 0 Å². The Morgan fingerprint density at radius 2 is 1.44 bits per heavy atom. The summed E-state index contributed by atoms with van der Waals surface area (Å²) in [5.74, 6) is -0.650. The van der Waals surface area contributed by atoms with Crippen LogP contribution in [0.5, 0.6) is 0 Å². The SMILES string of the molecule is Cc1ccc(C(=O)Nc2ccc(-c3oc(-c4ccccc4)nc3C(=O)NCc3ccccc3C(F)(F)F)cc2)cc1. The standard InChI is InChI=1S/C32H24F3N3O3/c1-20-11-13-22(14-12-20)29(39)37-25-17-15-21(16-18-25)28-27(38-31(41-28)23-7-3-2-4-8-23)30(40)36-19-24-9-5-6-10-26(24)32(33,34)35/h2-18H,19H2,1H3,(H,36,40)(H,37,39). The van der Waals surface area contributed by atoms with Gasteiger partial charge in [0.05, 0.1) is 5.56 Å². The molecule has 5 aromatic rings. The summed E-state index contributed by atoms with van der Waals surface area (Å²) in [6, 6.07) is 27.8. The van der Waals surface area contributed by atoms with Gasteiger partial charge in [0.1, 0.15) is 0 Å². The first-order valence-corrected chi connectivity index (χ1v) is 12.7. The molecule has 5 rings (SSSR count). The normalized spacial score (nSPS) is 11.2. The second-order valence-corrected chi connectivity index (χ2v) is 9.30. The molecule has 0 saturated carbocycles. The molecule has 6 nitrogen and oxygen atoms in total. The largest absolute Gasteiger partial charge is 0.435 e. The van der Waals surface area contributed by atoms with Gasteiger partial charge in [0.25, 0.3) is 11.8 Å².